The SMILES string of the molecule is CC1CC(C)CN(C(=O)c2ccccc2NC(=O)CC2CC3CCC2C3)C1. The molecular weight excluding hydrogens is 336 g/mol. The number of amides is 2. The highest BCUT2D eigenvalue weighted by Crippen LogP contribution is 2.49. The third-order valence-electron chi connectivity index (χ3n) is 6.92. The van der Waals surface area contributed by atoms with E-state index in [9.17, 15) is 9.59 Å². The first-order valence-electron chi connectivity index (χ1n) is 10.7. The number of carbonyl (C=O) groups excluding carboxylic acids is 2. The Hall–Kier alpha value is -1.84. The number of likely N-dealkylation sites (tertiary alicyclic amines) is 1. The molecular formula is C23H32N2O2. The van der Waals surface area contributed by atoms with E-state index >= 15 is 0 Å². The number of fused-ring (bicyclic) bond motifs is 2. The van der Waals surface area contributed by atoms with Crippen LogP contribution in [0.4, 0.5) is 5.69 Å². The minimum atomic E-state index is 0.0456. The second-order valence-corrected chi connectivity index (χ2v) is 9.39. The molecule has 27 heavy (non-hydrogen) atoms. The van der Waals surface area contributed by atoms with E-state index in [4.69, 9.17) is 0 Å². The van der Waals surface area contributed by atoms with Crippen LogP contribution in [-0.2, 0) is 4.79 Å². The summed E-state index contributed by atoms with van der Waals surface area (Å²) in [6, 6.07) is 7.49. The van der Waals surface area contributed by atoms with Crippen LogP contribution in [0.2, 0.25) is 0 Å². The molecule has 1 saturated heterocycles. The summed E-state index contributed by atoms with van der Waals surface area (Å²) in [5.41, 5.74) is 1.29. The summed E-state index contributed by atoms with van der Waals surface area (Å²) in [4.78, 5) is 27.7. The van der Waals surface area contributed by atoms with Gasteiger partial charge in [-0.2, -0.15) is 0 Å². The maximum absolute atomic E-state index is 13.1. The van der Waals surface area contributed by atoms with E-state index in [-0.39, 0.29) is 11.8 Å². The molecule has 1 heterocycles. The Kier molecular flexibility index (Phi) is 5.25. The van der Waals surface area contributed by atoms with Gasteiger partial charge in [-0.15, -0.1) is 0 Å². The van der Waals surface area contributed by atoms with Crippen molar-refractivity contribution in [2.24, 2.45) is 29.6 Å². The van der Waals surface area contributed by atoms with E-state index in [1.807, 2.05) is 29.2 Å². The van der Waals surface area contributed by atoms with Gasteiger partial charge in [0.05, 0.1) is 11.3 Å². The van der Waals surface area contributed by atoms with Crippen LogP contribution in [0.5, 0.6) is 0 Å². The Morgan fingerprint density at radius 2 is 1.78 bits per heavy atom. The highest BCUT2D eigenvalue weighted by atomic mass is 16.2. The summed E-state index contributed by atoms with van der Waals surface area (Å²) in [6.07, 6.45) is 6.95. The molecule has 0 radical (unpaired) electrons. The quantitative estimate of drug-likeness (QED) is 0.846. The standard InChI is InChI=1S/C23H32N2O2/c1-15-9-16(2)14-25(13-15)23(27)20-5-3-4-6-21(20)24-22(26)12-19-11-17-7-8-18(19)10-17/h3-6,15-19H,7-14H2,1-2H3,(H,24,26). The Morgan fingerprint density at radius 3 is 2.44 bits per heavy atom. The van der Waals surface area contributed by atoms with Crippen LogP contribution in [-0.4, -0.2) is 29.8 Å². The van der Waals surface area contributed by atoms with Gasteiger partial charge in [0.1, 0.15) is 0 Å². The number of nitrogens with one attached hydrogen (secondary N) is 1. The summed E-state index contributed by atoms with van der Waals surface area (Å²) in [6.45, 7) is 6.02. The van der Waals surface area contributed by atoms with Gasteiger partial charge < -0.3 is 10.2 Å². The van der Waals surface area contributed by atoms with Crippen LogP contribution in [0.25, 0.3) is 0 Å². The number of anilines is 1. The summed E-state index contributed by atoms with van der Waals surface area (Å²) < 4.78 is 0. The molecule has 3 fully saturated rings. The largest absolute Gasteiger partial charge is 0.338 e. The average Bonchev–Trinajstić information content (AvgIpc) is 3.23. The first-order valence-corrected chi connectivity index (χ1v) is 10.7. The lowest BCUT2D eigenvalue weighted by molar-refractivity contribution is -0.117. The van der Waals surface area contributed by atoms with Crippen LogP contribution in [0, 0.1) is 29.6 Å². The number of piperidine rings is 1. The van der Waals surface area contributed by atoms with Crippen molar-refractivity contribution >= 4 is 17.5 Å². The maximum atomic E-state index is 13.1. The third-order valence-corrected chi connectivity index (χ3v) is 6.92. The first-order chi connectivity index (χ1) is 13.0. The number of para-hydroxylation sites is 1. The van der Waals surface area contributed by atoms with Gasteiger partial charge in [-0.05, 0) is 67.4 Å². The van der Waals surface area contributed by atoms with Gasteiger partial charge in [-0.3, -0.25) is 9.59 Å². The van der Waals surface area contributed by atoms with Gasteiger partial charge in [-0.25, -0.2) is 0 Å². The van der Waals surface area contributed by atoms with Gasteiger partial charge in [0.15, 0.2) is 0 Å². The molecule has 0 spiro atoms. The molecule has 2 aliphatic carbocycles. The van der Waals surface area contributed by atoms with Gasteiger partial charge in [0, 0.05) is 19.5 Å². The number of rotatable bonds is 4. The fourth-order valence-electron chi connectivity index (χ4n) is 5.84. The lowest BCUT2D eigenvalue weighted by atomic mass is 9.86. The minimum Gasteiger partial charge on any atom is -0.338 e. The Balaban J connectivity index is 1.43. The summed E-state index contributed by atoms with van der Waals surface area (Å²) >= 11 is 0. The summed E-state index contributed by atoms with van der Waals surface area (Å²) in [5, 5.41) is 3.05. The molecule has 2 saturated carbocycles. The van der Waals surface area contributed by atoms with Crippen LogP contribution >= 0.6 is 0 Å². The molecule has 146 valence electrons. The Labute approximate surface area is 162 Å². The lowest BCUT2D eigenvalue weighted by Gasteiger charge is -2.35. The summed E-state index contributed by atoms with van der Waals surface area (Å²) in [7, 11) is 0. The molecule has 4 nitrogen and oxygen atoms in total. The van der Waals surface area contributed by atoms with Crippen LogP contribution in [0.1, 0.15) is 62.7 Å². The topological polar surface area (TPSA) is 49.4 Å². The van der Waals surface area contributed by atoms with Gasteiger partial charge >= 0.3 is 0 Å². The molecule has 1 aliphatic heterocycles. The zero-order valence-electron chi connectivity index (χ0n) is 16.6. The number of carbonyl (C=O) groups is 2. The van der Waals surface area contributed by atoms with Crippen molar-refractivity contribution in [1.29, 1.82) is 0 Å². The van der Waals surface area contributed by atoms with Gasteiger partial charge in [0.25, 0.3) is 5.91 Å². The molecule has 4 rings (SSSR count). The number of benzene rings is 1. The first kappa shape index (κ1) is 18.5. The summed E-state index contributed by atoms with van der Waals surface area (Å²) in [5.74, 6) is 3.29. The third kappa shape index (κ3) is 4.04. The van der Waals surface area contributed by atoms with Crippen molar-refractivity contribution in [3.8, 4) is 0 Å². The monoisotopic (exact) mass is 368 g/mol. The fourth-order valence-corrected chi connectivity index (χ4v) is 5.84. The predicted octanol–water partition coefficient (Wildman–Crippen LogP) is 4.57. The fraction of sp³-hybridized carbons (Fsp3) is 0.652. The minimum absolute atomic E-state index is 0.0456. The van der Waals surface area contributed by atoms with Crippen molar-refractivity contribution in [3.63, 3.8) is 0 Å². The Bertz CT molecular complexity index is 706. The molecule has 4 heteroatoms. The van der Waals surface area contributed by atoms with E-state index in [0.717, 1.165) is 24.9 Å². The van der Waals surface area contributed by atoms with E-state index in [2.05, 4.69) is 19.2 Å². The second-order valence-electron chi connectivity index (χ2n) is 9.39. The van der Waals surface area contributed by atoms with Gasteiger partial charge in [0.2, 0.25) is 5.91 Å². The maximum Gasteiger partial charge on any atom is 0.255 e. The molecule has 1 N–H and O–H groups in total. The van der Waals surface area contributed by atoms with Crippen molar-refractivity contribution in [3.05, 3.63) is 29.8 Å². The second kappa shape index (κ2) is 7.65. The van der Waals surface area contributed by atoms with E-state index in [0.29, 0.717) is 35.4 Å². The molecule has 2 amide bonds. The smallest absolute Gasteiger partial charge is 0.255 e. The highest BCUT2D eigenvalue weighted by Gasteiger charge is 2.40. The molecule has 1 aromatic rings. The Morgan fingerprint density at radius 1 is 1.04 bits per heavy atom. The van der Waals surface area contributed by atoms with Gasteiger partial charge in [-0.1, -0.05) is 32.4 Å². The van der Waals surface area contributed by atoms with Crippen LogP contribution in [0.3, 0.4) is 0 Å². The zero-order chi connectivity index (χ0) is 19.0. The van der Waals surface area contributed by atoms with Crippen molar-refractivity contribution in [2.75, 3.05) is 18.4 Å². The number of hydrogen-bond acceptors (Lipinski definition) is 2. The highest BCUT2D eigenvalue weighted by molar-refractivity contribution is 6.03. The molecule has 5 unspecified atom stereocenters. The molecule has 3 aliphatic rings. The molecule has 1 aromatic carbocycles. The van der Waals surface area contributed by atoms with E-state index in [1.54, 1.807) is 0 Å². The molecule has 2 bridgehead atoms. The average molecular weight is 369 g/mol. The van der Waals surface area contributed by atoms with Crippen LogP contribution in [0.15, 0.2) is 24.3 Å². The van der Waals surface area contributed by atoms with E-state index < -0.39 is 0 Å². The van der Waals surface area contributed by atoms with Crippen LogP contribution < -0.4 is 5.32 Å². The number of hydrogen-bond donors (Lipinski definition) is 1. The molecule has 5 atom stereocenters. The molecule has 0 aromatic heterocycles. The zero-order valence-corrected chi connectivity index (χ0v) is 16.6. The predicted molar refractivity (Wildman–Crippen MR) is 107 cm³/mol. The normalized spacial score (nSPS) is 32.5. The van der Waals surface area contributed by atoms with Crippen molar-refractivity contribution in [1.82, 2.24) is 4.90 Å². The number of nitrogens with zero attached hydrogens (tertiary/aromatic N) is 1. The van der Waals surface area contributed by atoms with E-state index in [1.165, 1.54) is 32.1 Å². The van der Waals surface area contributed by atoms with Crippen molar-refractivity contribution < 1.29 is 9.59 Å². The lowest BCUT2D eigenvalue weighted by Crippen LogP contribution is -2.42. The van der Waals surface area contributed by atoms with Crippen molar-refractivity contribution in [2.45, 2.75) is 52.4 Å².